The van der Waals surface area contributed by atoms with Gasteiger partial charge in [-0.25, -0.2) is 11.4 Å². The predicted octanol–water partition coefficient (Wildman–Crippen LogP) is -1.38. The first-order valence-electron chi connectivity index (χ1n) is 24.7. The van der Waals surface area contributed by atoms with Gasteiger partial charge >= 0.3 is 17.9 Å². The summed E-state index contributed by atoms with van der Waals surface area (Å²) in [4.78, 5) is 152. The Balaban J connectivity index is 0. The van der Waals surface area contributed by atoms with Crippen LogP contribution in [-0.2, 0) is 52.6 Å². The van der Waals surface area contributed by atoms with E-state index < -0.39 is 69.0 Å². The van der Waals surface area contributed by atoms with Crippen molar-refractivity contribution >= 4 is 105 Å². The number of nitrogen functional groups attached to an aromatic ring is 2. The molecular formula is C51H67ClN14O21. The van der Waals surface area contributed by atoms with Crippen LogP contribution in [0.4, 0.5) is 22.7 Å². The molecule has 0 atom stereocenters. The second-order valence-corrected chi connectivity index (χ2v) is 16.5. The topological polar surface area (TPSA) is 560 Å². The number of hydrogen-bond donors (Lipinski definition) is 14. The van der Waals surface area contributed by atoms with Gasteiger partial charge in [-0.1, -0.05) is 0 Å². The van der Waals surface area contributed by atoms with Crippen LogP contribution in [0.2, 0.25) is 0 Å². The number of halogens is 1. The summed E-state index contributed by atoms with van der Waals surface area (Å²) in [5.74, 6) is -1.89. The molecule has 0 aromatic heterocycles. The number of esters is 3. The lowest BCUT2D eigenvalue weighted by atomic mass is 10.2. The molecule has 0 heterocycles. The van der Waals surface area contributed by atoms with Crippen LogP contribution >= 0.6 is 11.6 Å². The molecule has 474 valence electrons. The third-order valence-corrected chi connectivity index (χ3v) is 9.81. The number of nitrogens with one attached hydrogen (secondary N) is 8. The average molecular weight is 1250 g/mol. The van der Waals surface area contributed by atoms with Gasteiger partial charge in [-0.05, 0) is 84.4 Å². The number of rotatable bonds is 25. The summed E-state index contributed by atoms with van der Waals surface area (Å²) in [6.07, 6.45) is -1.53. The van der Waals surface area contributed by atoms with E-state index >= 15 is 0 Å². The van der Waals surface area contributed by atoms with Crippen LogP contribution in [0.5, 0.6) is 0 Å². The summed E-state index contributed by atoms with van der Waals surface area (Å²) in [5.41, 5.74) is 20.2. The number of carbonyl (C=O) groups is 12. The lowest BCUT2D eigenvalue weighted by Gasteiger charge is -2.07. The fourth-order valence-electron chi connectivity index (χ4n) is 5.43. The standard InChI is InChI=1S/C13H15N3O6.C13H17N3O4.C12H16N4O4.C9H11N3O3.C4H5ClO3.H3NO/c1-22-12(18)8-11(17)14-6-7-15-13(19)9-2-4-10(5-3-9)16(20)21;1-20-12(18)8-11(17)15-6-7-16-13(19)9-2-4-10(14)5-3-9;13-9-3-1-8(2-4-9)12(19)15-6-5-14-10(17)7-11(18)16-20;10-5-6-11-9(13)7-1-3-8(4-2-7)12(14)15;1-8-4(7)2-3(5)6;1-2/h2-5H,6-8H2,1H3,(H,14,17)(H,15,19);2-5H,6-8,14H2,1H3,(H,15,17)(H,16,19);1-4,20H,5-7,13H2,(H,14,17)(H,15,19)(H,16,18);1-4H,5-6,10H2,(H,11,13);2H2,1H3;2H,1H2. The number of nitrogens with two attached hydrogens (primary N) is 4. The molecule has 4 aromatic carbocycles. The van der Waals surface area contributed by atoms with Gasteiger partial charge < -0.3 is 73.8 Å². The zero-order valence-corrected chi connectivity index (χ0v) is 47.7. The van der Waals surface area contributed by atoms with E-state index in [9.17, 15) is 77.8 Å². The first kappa shape index (κ1) is 78.3. The third-order valence-electron chi connectivity index (χ3n) is 9.68. The van der Waals surface area contributed by atoms with Gasteiger partial charge in [-0.2, -0.15) is 0 Å². The van der Waals surface area contributed by atoms with Crippen LogP contribution < -0.4 is 65.8 Å². The molecule has 0 aliphatic heterocycles. The van der Waals surface area contributed by atoms with Gasteiger partial charge in [-0.15, -0.1) is 0 Å². The molecule has 0 saturated carbocycles. The number of methoxy groups -OCH3 is 3. The van der Waals surface area contributed by atoms with Crippen molar-refractivity contribution in [3.63, 3.8) is 0 Å². The Bertz CT molecular complexity index is 2790. The Hall–Kier alpha value is -10.8. The molecule has 0 unspecified atom stereocenters. The highest BCUT2D eigenvalue weighted by Gasteiger charge is 2.14. The van der Waals surface area contributed by atoms with Crippen molar-refractivity contribution in [2.75, 3.05) is 85.2 Å². The van der Waals surface area contributed by atoms with Crippen molar-refractivity contribution in [3.8, 4) is 0 Å². The number of amides is 8. The maximum atomic E-state index is 11.7. The van der Waals surface area contributed by atoms with E-state index in [1.165, 1.54) is 75.3 Å². The molecule has 0 aliphatic rings. The van der Waals surface area contributed by atoms with E-state index in [0.29, 0.717) is 41.2 Å². The van der Waals surface area contributed by atoms with E-state index in [0.717, 1.165) is 0 Å². The smallest absolute Gasteiger partial charge is 0.315 e. The average Bonchev–Trinajstić information content (AvgIpc) is 3.64. The van der Waals surface area contributed by atoms with Gasteiger partial charge in [0.15, 0.2) is 0 Å². The molecule has 36 heteroatoms. The summed E-state index contributed by atoms with van der Waals surface area (Å²) in [7, 11) is 3.59. The summed E-state index contributed by atoms with van der Waals surface area (Å²) in [5, 5.41) is 52.5. The predicted molar refractivity (Wildman–Crippen MR) is 307 cm³/mol. The molecule has 4 aromatic rings. The van der Waals surface area contributed by atoms with Crippen molar-refractivity contribution in [2.45, 2.75) is 25.7 Å². The maximum Gasteiger partial charge on any atom is 0.315 e. The fraction of sp³-hybridized carbons (Fsp3) is 0.294. The molecule has 0 fully saturated rings. The molecule has 18 N–H and O–H groups in total. The van der Waals surface area contributed by atoms with Crippen LogP contribution in [0.25, 0.3) is 0 Å². The summed E-state index contributed by atoms with van der Waals surface area (Å²) < 4.78 is 12.8. The largest absolute Gasteiger partial charge is 0.469 e. The number of ether oxygens (including phenoxy) is 3. The van der Waals surface area contributed by atoms with Gasteiger partial charge in [-0.3, -0.25) is 83.0 Å². The molecule has 0 aliphatic carbocycles. The summed E-state index contributed by atoms with van der Waals surface area (Å²) in [6.45, 7) is 1.94. The Morgan fingerprint density at radius 3 is 0.920 bits per heavy atom. The van der Waals surface area contributed by atoms with E-state index in [1.54, 1.807) is 48.5 Å². The highest BCUT2D eigenvalue weighted by molar-refractivity contribution is 6.64. The number of nitro groups is 2. The molecule has 87 heavy (non-hydrogen) atoms. The fourth-order valence-corrected chi connectivity index (χ4v) is 5.54. The van der Waals surface area contributed by atoms with Gasteiger partial charge in [0.25, 0.3) is 40.9 Å². The molecule has 0 radical (unpaired) electrons. The molecule has 8 amide bonds. The van der Waals surface area contributed by atoms with Crippen molar-refractivity contribution < 1.29 is 92.0 Å². The highest BCUT2D eigenvalue weighted by Crippen LogP contribution is 2.13. The second-order valence-electron chi connectivity index (χ2n) is 16.0. The van der Waals surface area contributed by atoms with Gasteiger partial charge in [0.05, 0.1) is 31.2 Å². The number of non-ortho nitro benzene ring substituents is 2. The minimum Gasteiger partial charge on any atom is -0.469 e. The molecular weight excluding hydrogens is 1180 g/mol. The van der Waals surface area contributed by atoms with Crippen molar-refractivity contribution in [2.24, 2.45) is 11.6 Å². The first-order valence-corrected chi connectivity index (χ1v) is 25.1. The van der Waals surface area contributed by atoms with Crippen LogP contribution in [0, 0.1) is 20.2 Å². The van der Waals surface area contributed by atoms with Gasteiger partial charge in [0.2, 0.25) is 23.0 Å². The van der Waals surface area contributed by atoms with Crippen LogP contribution in [0.3, 0.4) is 0 Å². The Labute approximate surface area is 500 Å². The second kappa shape index (κ2) is 46.7. The van der Waals surface area contributed by atoms with Crippen molar-refractivity contribution in [1.82, 2.24) is 42.7 Å². The first-order chi connectivity index (χ1) is 41.3. The zero-order valence-electron chi connectivity index (χ0n) is 47.0. The Morgan fingerprint density at radius 1 is 0.425 bits per heavy atom. The van der Waals surface area contributed by atoms with E-state index in [4.69, 9.17) is 39.2 Å². The molecule has 0 bridgehead atoms. The quantitative estimate of drug-likeness (QED) is 0.00419. The lowest BCUT2D eigenvalue weighted by molar-refractivity contribution is -0.385. The number of carbonyl (C=O) groups excluding carboxylic acids is 12. The van der Waals surface area contributed by atoms with Crippen LogP contribution in [-0.4, -0.2) is 164 Å². The molecule has 0 saturated heterocycles. The van der Waals surface area contributed by atoms with Crippen molar-refractivity contribution in [1.29, 1.82) is 0 Å². The normalized spacial score (nSPS) is 9.38. The lowest BCUT2D eigenvalue weighted by Crippen LogP contribution is -2.36. The monoisotopic (exact) mass is 1250 g/mol. The van der Waals surface area contributed by atoms with E-state index in [2.05, 4.69) is 57.3 Å². The number of anilines is 2. The van der Waals surface area contributed by atoms with Gasteiger partial charge in [0, 0.05) is 110 Å². The van der Waals surface area contributed by atoms with Gasteiger partial charge in [0.1, 0.15) is 25.7 Å². The highest BCUT2D eigenvalue weighted by atomic mass is 35.5. The SMILES string of the molecule is COC(=O)CC(=O)Cl.COC(=O)CC(=O)NCCNC(=O)c1ccc(N)cc1.COC(=O)CC(=O)NCCNC(=O)c1ccc([N+](=O)[O-])cc1.NCCNC(=O)c1ccc([N+](=O)[O-])cc1.NO.Nc1ccc(C(=O)NCCNC(=O)CC(=O)NO)cc1. The molecule has 0 spiro atoms. The minimum atomic E-state index is -0.798. The van der Waals surface area contributed by atoms with Crippen LogP contribution in [0.15, 0.2) is 97.1 Å². The maximum absolute atomic E-state index is 11.7. The Kier molecular flexibility index (Phi) is 42.0. The minimum absolute atomic E-state index is 0.0367. The van der Waals surface area contributed by atoms with E-state index in [-0.39, 0.29) is 93.2 Å². The zero-order chi connectivity index (χ0) is 66.3. The Morgan fingerprint density at radius 2 is 0.678 bits per heavy atom. The molecule has 4 rings (SSSR count). The number of benzene rings is 4. The van der Waals surface area contributed by atoms with Crippen LogP contribution in [0.1, 0.15) is 67.1 Å². The number of nitro benzene ring substituents is 2. The van der Waals surface area contributed by atoms with Crippen molar-refractivity contribution in [3.05, 3.63) is 140 Å². The summed E-state index contributed by atoms with van der Waals surface area (Å²) >= 11 is 4.81. The molecule has 35 nitrogen and oxygen atoms in total. The number of nitrogens with zero attached hydrogens (tertiary/aromatic N) is 2. The number of hydrogen-bond acceptors (Lipinski definition) is 25. The number of hydroxylamine groups is 1. The summed E-state index contributed by atoms with van der Waals surface area (Å²) in [6, 6.07) is 23.4. The van der Waals surface area contributed by atoms with E-state index in [1.807, 2.05) is 0 Å². The third kappa shape index (κ3) is 38.6.